The van der Waals surface area contributed by atoms with E-state index in [4.69, 9.17) is 0 Å². The molecule has 1 fully saturated rings. The Morgan fingerprint density at radius 3 is 2.43 bits per heavy atom. The normalized spacial score (nSPS) is 15.0. The van der Waals surface area contributed by atoms with Crippen LogP contribution in [0.3, 0.4) is 0 Å². The summed E-state index contributed by atoms with van der Waals surface area (Å²) in [5.74, 6) is 0.308. The van der Waals surface area contributed by atoms with Crippen LogP contribution in [0, 0.1) is 5.92 Å². The summed E-state index contributed by atoms with van der Waals surface area (Å²) in [5.41, 5.74) is -0.206. The van der Waals surface area contributed by atoms with Crippen molar-refractivity contribution in [1.29, 1.82) is 0 Å². The van der Waals surface area contributed by atoms with E-state index in [1.807, 2.05) is 0 Å². The molecule has 1 aliphatic rings. The number of halogens is 3. The van der Waals surface area contributed by atoms with Gasteiger partial charge in [-0.3, -0.25) is 9.59 Å². The quantitative estimate of drug-likeness (QED) is 0.687. The van der Waals surface area contributed by atoms with Gasteiger partial charge in [0.15, 0.2) is 0 Å². The van der Waals surface area contributed by atoms with Crippen LogP contribution in [0.25, 0.3) is 10.6 Å². The molecule has 9 heteroatoms. The topological polar surface area (TPSA) is 53.5 Å². The van der Waals surface area contributed by atoms with Crippen LogP contribution in [0.1, 0.15) is 42.7 Å². The highest BCUT2D eigenvalue weighted by atomic mass is 32.1. The van der Waals surface area contributed by atoms with E-state index in [1.54, 1.807) is 21.2 Å². The molecule has 1 aromatic heterocycles. The molecule has 0 radical (unpaired) electrons. The molecule has 30 heavy (non-hydrogen) atoms. The molecule has 162 valence electrons. The molecule has 2 heterocycles. The van der Waals surface area contributed by atoms with Gasteiger partial charge in [-0.2, -0.15) is 13.2 Å². The number of hydrogen-bond acceptors (Lipinski definition) is 4. The molecule has 0 spiro atoms. The number of piperazine rings is 1. The zero-order valence-corrected chi connectivity index (χ0v) is 17.7. The van der Waals surface area contributed by atoms with Crippen molar-refractivity contribution < 1.29 is 22.8 Å². The van der Waals surface area contributed by atoms with Crippen LogP contribution in [-0.2, 0) is 11.0 Å². The number of benzene rings is 1. The highest BCUT2D eigenvalue weighted by molar-refractivity contribution is 7.13. The SMILES string of the molecule is CC(C)CCC(=O)N1CCN(C(=O)c2csc(-c3cccc(C(F)(F)F)c3)n2)CC1. The molecule has 0 atom stereocenters. The molecular weight excluding hydrogens is 415 g/mol. The lowest BCUT2D eigenvalue weighted by Crippen LogP contribution is -2.50. The molecule has 0 bridgehead atoms. The van der Waals surface area contributed by atoms with Crippen molar-refractivity contribution in [3.05, 3.63) is 40.9 Å². The Balaban J connectivity index is 1.62. The predicted octanol–water partition coefficient (Wildman–Crippen LogP) is 4.55. The van der Waals surface area contributed by atoms with Crippen molar-refractivity contribution >= 4 is 23.2 Å². The Labute approximate surface area is 177 Å². The Morgan fingerprint density at radius 1 is 1.13 bits per heavy atom. The number of nitrogens with zero attached hydrogens (tertiary/aromatic N) is 3. The Morgan fingerprint density at radius 2 is 1.80 bits per heavy atom. The van der Waals surface area contributed by atoms with Crippen LogP contribution in [-0.4, -0.2) is 52.8 Å². The summed E-state index contributed by atoms with van der Waals surface area (Å²) in [6.07, 6.45) is -3.08. The smallest absolute Gasteiger partial charge is 0.339 e. The molecule has 0 N–H and O–H groups in total. The molecule has 0 unspecified atom stereocenters. The van der Waals surface area contributed by atoms with Gasteiger partial charge in [0.2, 0.25) is 5.91 Å². The number of hydrogen-bond donors (Lipinski definition) is 0. The molecule has 2 aromatic rings. The fourth-order valence-corrected chi connectivity index (χ4v) is 4.02. The zero-order valence-electron chi connectivity index (χ0n) is 16.9. The van der Waals surface area contributed by atoms with E-state index in [-0.39, 0.29) is 17.5 Å². The van der Waals surface area contributed by atoms with Gasteiger partial charge in [0, 0.05) is 43.5 Å². The maximum Gasteiger partial charge on any atom is 0.416 e. The van der Waals surface area contributed by atoms with Gasteiger partial charge in [-0.05, 0) is 24.5 Å². The van der Waals surface area contributed by atoms with Crippen LogP contribution in [0.15, 0.2) is 29.6 Å². The first-order valence-corrected chi connectivity index (χ1v) is 10.7. The number of carbonyl (C=O) groups excluding carboxylic acids is 2. The second-order valence-electron chi connectivity index (χ2n) is 7.72. The number of amides is 2. The van der Waals surface area contributed by atoms with E-state index in [9.17, 15) is 22.8 Å². The van der Waals surface area contributed by atoms with Gasteiger partial charge in [0.1, 0.15) is 10.7 Å². The molecular formula is C21H24F3N3O2S. The average molecular weight is 440 g/mol. The van der Waals surface area contributed by atoms with Crippen molar-refractivity contribution in [1.82, 2.24) is 14.8 Å². The van der Waals surface area contributed by atoms with Gasteiger partial charge < -0.3 is 9.80 Å². The molecule has 2 amide bonds. The maximum atomic E-state index is 12.9. The lowest BCUT2D eigenvalue weighted by atomic mass is 10.1. The van der Waals surface area contributed by atoms with E-state index in [0.29, 0.717) is 49.1 Å². The lowest BCUT2D eigenvalue weighted by molar-refractivity contribution is -0.137. The number of aromatic nitrogens is 1. The summed E-state index contributed by atoms with van der Waals surface area (Å²) in [5, 5.41) is 1.94. The Kier molecular flexibility index (Phi) is 6.80. The van der Waals surface area contributed by atoms with E-state index < -0.39 is 11.7 Å². The fourth-order valence-electron chi connectivity index (χ4n) is 3.22. The van der Waals surface area contributed by atoms with Crippen LogP contribution < -0.4 is 0 Å². The second-order valence-corrected chi connectivity index (χ2v) is 8.58. The van der Waals surface area contributed by atoms with E-state index in [0.717, 1.165) is 29.9 Å². The molecule has 3 rings (SSSR count). The predicted molar refractivity (Wildman–Crippen MR) is 109 cm³/mol. The molecule has 0 saturated carbocycles. The average Bonchev–Trinajstić information content (AvgIpc) is 3.21. The summed E-state index contributed by atoms with van der Waals surface area (Å²) < 4.78 is 38.8. The number of rotatable bonds is 5. The van der Waals surface area contributed by atoms with Crippen molar-refractivity contribution in [2.45, 2.75) is 32.9 Å². The minimum absolute atomic E-state index is 0.108. The standard InChI is InChI=1S/C21H24F3N3O2S/c1-14(2)6-7-18(28)26-8-10-27(11-9-26)20(29)17-13-30-19(25-17)15-4-3-5-16(12-15)21(22,23)24/h3-5,12-14H,6-11H2,1-2H3. The van der Waals surface area contributed by atoms with Gasteiger partial charge in [-0.1, -0.05) is 26.0 Å². The lowest BCUT2D eigenvalue weighted by Gasteiger charge is -2.34. The summed E-state index contributed by atoms with van der Waals surface area (Å²) in [6.45, 7) is 5.95. The third kappa shape index (κ3) is 5.38. The van der Waals surface area contributed by atoms with E-state index in [1.165, 1.54) is 6.07 Å². The molecule has 1 aromatic carbocycles. The monoisotopic (exact) mass is 439 g/mol. The first kappa shape index (κ1) is 22.3. The van der Waals surface area contributed by atoms with E-state index in [2.05, 4.69) is 18.8 Å². The maximum absolute atomic E-state index is 12.9. The van der Waals surface area contributed by atoms with Gasteiger partial charge in [-0.15, -0.1) is 11.3 Å². The number of thiazole rings is 1. The first-order valence-electron chi connectivity index (χ1n) is 9.85. The largest absolute Gasteiger partial charge is 0.416 e. The summed E-state index contributed by atoms with van der Waals surface area (Å²) in [6, 6.07) is 4.92. The number of carbonyl (C=O) groups is 2. The van der Waals surface area contributed by atoms with Crippen LogP contribution in [0.5, 0.6) is 0 Å². The third-order valence-corrected chi connectivity index (χ3v) is 5.91. The van der Waals surface area contributed by atoms with Crippen LogP contribution >= 0.6 is 11.3 Å². The fraction of sp³-hybridized carbons (Fsp3) is 0.476. The van der Waals surface area contributed by atoms with Gasteiger partial charge in [-0.25, -0.2) is 4.98 Å². The van der Waals surface area contributed by atoms with E-state index >= 15 is 0 Å². The molecule has 1 aliphatic heterocycles. The minimum atomic E-state index is -4.43. The van der Waals surface area contributed by atoms with Crippen molar-refractivity contribution in [3.63, 3.8) is 0 Å². The van der Waals surface area contributed by atoms with Gasteiger partial charge in [0.25, 0.3) is 5.91 Å². The Hall–Kier alpha value is -2.42. The zero-order chi connectivity index (χ0) is 21.9. The summed E-state index contributed by atoms with van der Waals surface area (Å²) >= 11 is 1.14. The number of alkyl halides is 3. The van der Waals surface area contributed by atoms with Gasteiger partial charge in [0.05, 0.1) is 5.56 Å². The summed E-state index contributed by atoms with van der Waals surface area (Å²) in [4.78, 5) is 32.7. The molecule has 1 saturated heterocycles. The van der Waals surface area contributed by atoms with Crippen molar-refractivity contribution in [2.75, 3.05) is 26.2 Å². The Bertz CT molecular complexity index is 903. The van der Waals surface area contributed by atoms with Crippen LogP contribution in [0.4, 0.5) is 13.2 Å². The molecule has 0 aliphatic carbocycles. The first-order chi connectivity index (χ1) is 14.1. The van der Waals surface area contributed by atoms with Crippen molar-refractivity contribution in [3.8, 4) is 10.6 Å². The highest BCUT2D eigenvalue weighted by Crippen LogP contribution is 2.33. The summed E-state index contributed by atoms with van der Waals surface area (Å²) in [7, 11) is 0. The van der Waals surface area contributed by atoms with Gasteiger partial charge >= 0.3 is 6.18 Å². The van der Waals surface area contributed by atoms with Crippen molar-refractivity contribution in [2.24, 2.45) is 5.92 Å². The third-order valence-electron chi connectivity index (χ3n) is 5.02. The highest BCUT2D eigenvalue weighted by Gasteiger charge is 2.31. The second kappa shape index (κ2) is 9.16. The minimum Gasteiger partial charge on any atom is -0.339 e. The van der Waals surface area contributed by atoms with Crippen LogP contribution in [0.2, 0.25) is 0 Å². The molecule has 5 nitrogen and oxygen atoms in total.